The van der Waals surface area contributed by atoms with E-state index in [1.54, 1.807) is 0 Å². The third-order valence-electron chi connectivity index (χ3n) is 2.53. The van der Waals surface area contributed by atoms with Crippen LogP contribution in [-0.4, -0.2) is 17.7 Å². The van der Waals surface area contributed by atoms with Crippen LogP contribution in [0.25, 0.3) is 11.1 Å². The summed E-state index contributed by atoms with van der Waals surface area (Å²) in [5, 5.41) is 0. The first-order valence-electron chi connectivity index (χ1n) is 5.70. The van der Waals surface area contributed by atoms with Crippen molar-refractivity contribution < 1.29 is 13.9 Å². The average molecular weight is 249 g/mol. The molecule has 2 aromatic rings. The van der Waals surface area contributed by atoms with Gasteiger partial charge in [0.1, 0.15) is 5.52 Å². The van der Waals surface area contributed by atoms with Crippen LogP contribution in [0.1, 0.15) is 24.8 Å². The summed E-state index contributed by atoms with van der Waals surface area (Å²) >= 11 is 0. The number of nitrogens with zero attached hydrogens (tertiary/aromatic N) is 1. The van der Waals surface area contributed by atoms with Gasteiger partial charge in [-0.25, -0.2) is 9.78 Å². The van der Waals surface area contributed by atoms with Gasteiger partial charge >= 0.3 is 6.09 Å². The number of nitrogens with two attached hydrogens (primary N) is 2. The summed E-state index contributed by atoms with van der Waals surface area (Å²) in [6, 6.07) is 7.17. The normalized spacial score (nSPS) is 12.5. The van der Waals surface area contributed by atoms with Crippen LogP contribution in [0.2, 0.25) is 0 Å². The van der Waals surface area contributed by atoms with Gasteiger partial charge in [-0.05, 0) is 25.0 Å². The molecule has 0 bridgehead atoms. The quantitative estimate of drug-likeness (QED) is 0.785. The third-order valence-corrected chi connectivity index (χ3v) is 2.53. The van der Waals surface area contributed by atoms with E-state index in [1.807, 2.05) is 24.3 Å². The SMILES string of the molecule is NC(=O)OCCCC(N)c1nc2ccccc2o1. The lowest BCUT2D eigenvalue weighted by atomic mass is 10.2. The Morgan fingerprint density at radius 1 is 1.44 bits per heavy atom. The molecule has 1 unspecified atom stereocenters. The smallest absolute Gasteiger partial charge is 0.404 e. The van der Waals surface area contributed by atoms with Gasteiger partial charge in [-0.15, -0.1) is 0 Å². The third kappa shape index (κ3) is 2.98. The number of rotatable bonds is 5. The van der Waals surface area contributed by atoms with Crippen molar-refractivity contribution in [3.05, 3.63) is 30.2 Å². The molecule has 1 heterocycles. The topological polar surface area (TPSA) is 104 Å². The van der Waals surface area contributed by atoms with Crippen LogP contribution in [0.15, 0.2) is 28.7 Å². The first-order valence-corrected chi connectivity index (χ1v) is 5.70. The Morgan fingerprint density at radius 3 is 2.94 bits per heavy atom. The molecule has 0 aliphatic carbocycles. The average Bonchev–Trinajstić information content (AvgIpc) is 2.78. The minimum atomic E-state index is -0.773. The second-order valence-corrected chi connectivity index (χ2v) is 3.94. The first-order chi connectivity index (χ1) is 8.66. The van der Waals surface area contributed by atoms with Gasteiger partial charge in [0.05, 0.1) is 12.6 Å². The molecule has 4 N–H and O–H groups in total. The van der Waals surface area contributed by atoms with Crippen molar-refractivity contribution in [3.63, 3.8) is 0 Å². The van der Waals surface area contributed by atoms with Crippen molar-refractivity contribution in [2.45, 2.75) is 18.9 Å². The van der Waals surface area contributed by atoms with E-state index in [9.17, 15) is 4.79 Å². The second-order valence-electron chi connectivity index (χ2n) is 3.94. The first kappa shape index (κ1) is 12.4. The van der Waals surface area contributed by atoms with Gasteiger partial charge in [0.15, 0.2) is 5.58 Å². The molecule has 0 aliphatic rings. The summed E-state index contributed by atoms with van der Waals surface area (Å²) in [5.41, 5.74) is 12.3. The van der Waals surface area contributed by atoms with Crippen molar-refractivity contribution in [2.24, 2.45) is 11.5 Å². The Labute approximate surface area is 104 Å². The van der Waals surface area contributed by atoms with Crippen molar-refractivity contribution in [1.82, 2.24) is 4.98 Å². The number of hydrogen-bond donors (Lipinski definition) is 2. The maximum atomic E-state index is 10.4. The summed E-state index contributed by atoms with van der Waals surface area (Å²) in [4.78, 5) is 14.7. The molecule has 0 saturated carbocycles. The Morgan fingerprint density at radius 2 is 2.22 bits per heavy atom. The molecule has 1 aromatic heterocycles. The van der Waals surface area contributed by atoms with Crippen molar-refractivity contribution in [3.8, 4) is 0 Å². The highest BCUT2D eigenvalue weighted by Gasteiger charge is 2.13. The van der Waals surface area contributed by atoms with Gasteiger partial charge in [-0.1, -0.05) is 12.1 Å². The highest BCUT2D eigenvalue weighted by molar-refractivity contribution is 5.72. The van der Waals surface area contributed by atoms with Crippen LogP contribution in [-0.2, 0) is 4.74 Å². The Bertz CT molecular complexity index is 505. The molecule has 2 rings (SSSR count). The lowest BCUT2D eigenvalue weighted by molar-refractivity contribution is 0.153. The van der Waals surface area contributed by atoms with Crippen LogP contribution in [0.4, 0.5) is 4.79 Å². The van der Waals surface area contributed by atoms with Gasteiger partial charge < -0.3 is 20.6 Å². The number of carbonyl (C=O) groups is 1. The van der Waals surface area contributed by atoms with Gasteiger partial charge in [0, 0.05) is 0 Å². The molecule has 0 saturated heterocycles. The monoisotopic (exact) mass is 249 g/mol. The number of hydrogen-bond acceptors (Lipinski definition) is 5. The molecule has 1 aromatic carbocycles. The summed E-state index contributed by atoms with van der Waals surface area (Å²) in [6.45, 7) is 0.253. The maximum Gasteiger partial charge on any atom is 0.404 e. The molecule has 1 amide bonds. The van der Waals surface area contributed by atoms with E-state index in [0.29, 0.717) is 18.7 Å². The molecular formula is C12H15N3O3. The van der Waals surface area contributed by atoms with E-state index < -0.39 is 6.09 Å². The number of amides is 1. The number of primary amides is 1. The van der Waals surface area contributed by atoms with E-state index in [2.05, 4.69) is 9.72 Å². The highest BCUT2D eigenvalue weighted by atomic mass is 16.5. The fraction of sp³-hybridized carbons (Fsp3) is 0.333. The molecule has 1 atom stereocenters. The molecule has 96 valence electrons. The minimum Gasteiger partial charge on any atom is -0.450 e. The number of para-hydroxylation sites is 2. The number of fused-ring (bicyclic) bond motifs is 1. The van der Waals surface area contributed by atoms with Crippen LogP contribution in [0.3, 0.4) is 0 Å². The van der Waals surface area contributed by atoms with Gasteiger partial charge in [0.25, 0.3) is 0 Å². The number of benzene rings is 1. The van der Waals surface area contributed by atoms with Gasteiger partial charge in [0.2, 0.25) is 5.89 Å². The van der Waals surface area contributed by atoms with E-state index in [0.717, 1.165) is 11.1 Å². The lowest BCUT2D eigenvalue weighted by Gasteiger charge is -2.06. The van der Waals surface area contributed by atoms with E-state index in [4.69, 9.17) is 15.9 Å². The zero-order valence-electron chi connectivity index (χ0n) is 9.83. The minimum absolute atomic E-state index is 0.253. The number of aromatic nitrogens is 1. The lowest BCUT2D eigenvalue weighted by Crippen LogP contribution is -2.16. The Kier molecular flexibility index (Phi) is 3.78. The summed E-state index contributed by atoms with van der Waals surface area (Å²) in [6.07, 6.45) is 0.452. The molecule has 0 radical (unpaired) electrons. The maximum absolute atomic E-state index is 10.4. The fourth-order valence-corrected chi connectivity index (χ4v) is 1.65. The molecule has 0 aliphatic heterocycles. The molecule has 0 spiro atoms. The zero-order chi connectivity index (χ0) is 13.0. The number of oxazole rings is 1. The number of carbonyl (C=O) groups excluding carboxylic acids is 1. The van der Waals surface area contributed by atoms with Gasteiger partial charge in [-0.2, -0.15) is 0 Å². The largest absolute Gasteiger partial charge is 0.450 e. The molecule has 18 heavy (non-hydrogen) atoms. The van der Waals surface area contributed by atoms with Crippen molar-refractivity contribution in [2.75, 3.05) is 6.61 Å². The Hall–Kier alpha value is -2.08. The molecule has 6 heteroatoms. The van der Waals surface area contributed by atoms with Crippen LogP contribution in [0, 0.1) is 0 Å². The standard InChI is InChI=1S/C12H15N3O3/c13-8(4-3-7-17-12(14)16)11-15-9-5-1-2-6-10(9)18-11/h1-2,5-6,8H,3-4,7,13H2,(H2,14,16). The van der Waals surface area contributed by atoms with Crippen LogP contribution < -0.4 is 11.5 Å². The molecular weight excluding hydrogens is 234 g/mol. The Balaban J connectivity index is 1.92. The van der Waals surface area contributed by atoms with E-state index in [1.165, 1.54) is 0 Å². The molecule has 0 fully saturated rings. The zero-order valence-corrected chi connectivity index (χ0v) is 9.83. The second kappa shape index (κ2) is 5.50. The summed E-state index contributed by atoms with van der Waals surface area (Å²) in [5.74, 6) is 0.496. The van der Waals surface area contributed by atoms with E-state index in [-0.39, 0.29) is 12.6 Å². The van der Waals surface area contributed by atoms with Crippen molar-refractivity contribution in [1.29, 1.82) is 0 Å². The van der Waals surface area contributed by atoms with E-state index >= 15 is 0 Å². The summed E-state index contributed by atoms with van der Waals surface area (Å²) < 4.78 is 10.2. The summed E-state index contributed by atoms with van der Waals surface area (Å²) in [7, 11) is 0. The van der Waals surface area contributed by atoms with Gasteiger partial charge in [-0.3, -0.25) is 0 Å². The fourth-order valence-electron chi connectivity index (χ4n) is 1.65. The van der Waals surface area contributed by atoms with Crippen molar-refractivity contribution >= 4 is 17.2 Å². The molecule has 6 nitrogen and oxygen atoms in total. The van der Waals surface area contributed by atoms with Crippen LogP contribution >= 0.6 is 0 Å². The van der Waals surface area contributed by atoms with Crippen LogP contribution in [0.5, 0.6) is 0 Å². The predicted molar refractivity (Wildman–Crippen MR) is 65.7 cm³/mol. The highest BCUT2D eigenvalue weighted by Crippen LogP contribution is 2.21. The number of ether oxygens (including phenoxy) is 1. The predicted octanol–water partition coefficient (Wildman–Crippen LogP) is 1.70.